The molecule has 4 nitrogen and oxygen atoms in total. The highest BCUT2D eigenvalue weighted by molar-refractivity contribution is 5.83. The zero-order chi connectivity index (χ0) is 14.3. The standard InChI is InChI=1S/C12H13F3N2O2/c1-2-19-11(18)10(7-12(13,14)15)17-8-9-3-5-16-6-4-9/h3-6,8,10H,2,7H2,1H3. The second-order valence-electron chi connectivity index (χ2n) is 3.65. The maximum Gasteiger partial charge on any atom is 0.391 e. The first-order valence-electron chi connectivity index (χ1n) is 5.59. The van der Waals surface area contributed by atoms with Gasteiger partial charge in [0.1, 0.15) is 0 Å². The molecule has 1 heterocycles. The number of nitrogens with zero attached hydrogens (tertiary/aromatic N) is 2. The highest BCUT2D eigenvalue weighted by Crippen LogP contribution is 2.23. The Labute approximate surface area is 108 Å². The van der Waals surface area contributed by atoms with Crippen molar-refractivity contribution >= 4 is 12.2 Å². The van der Waals surface area contributed by atoms with E-state index >= 15 is 0 Å². The van der Waals surface area contributed by atoms with Crippen molar-refractivity contribution in [2.24, 2.45) is 4.99 Å². The molecule has 19 heavy (non-hydrogen) atoms. The van der Waals surface area contributed by atoms with Gasteiger partial charge in [0.05, 0.1) is 13.0 Å². The van der Waals surface area contributed by atoms with E-state index in [-0.39, 0.29) is 6.61 Å². The molecule has 0 saturated heterocycles. The molecule has 1 aromatic heterocycles. The molecule has 0 bridgehead atoms. The Morgan fingerprint density at radius 2 is 2.11 bits per heavy atom. The number of alkyl halides is 3. The first-order valence-corrected chi connectivity index (χ1v) is 5.59. The van der Waals surface area contributed by atoms with E-state index in [0.717, 1.165) is 0 Å². The Balaban J connectivity index is 2.79. The second kappa shape index (κ2) is 6.86. The lowest BCUT2D eigenvalue weighted by atomic mass is 10.2. The summed E-state index contributed by atoms with van der Waals surface area (Å²) in [4.78, 5) is 18.8. The topological polar surface area (TPSA) is 51.5 Å². The number of carbonyl (C=O) groups is 1. The number of rotatable bonds is 5. The average Bonchev–Trinajstić information content (AvgIpc) is 2.34. The molecule has 0 spiro atoms. The van der Waals surface area contributed by atoms with Gasteiger partial charge in [0.15, 0.2) is 6.04 Å². The molecular formula is C12H13F3N2O2. The SMILES string of the molecule is CCOC(=O)C(CC(F)(F)F)N=Cc1ccncc1. The van der Waals surface area contributed by atoms with Crippen LogP contribution in [0.3, 0.4) is 0 Å². The summed E-state index contributed by atoms with van der Waals surface area (Å²) in [7, 11) is 0. The van der Waals surface area contributed by atoms with Crippen LogP contribution >= 0.6 is 0 Å². The van der Waals surface area contributed by atoms with Crippen LogP contribution in [0.15, 0.2) is 29.5 Å². The fourth-order valence-corrected chi connectivity index (χ4v) is 1.28. The van der Waals surface area contributed by atoms with Crippen LogP contribution in [-0.2, 0) is 9.53 Å². The van der Waals surface area contributed by atoms with Crippen LogP contribution in [0, 0.1) is 0 Å². The Kier molecular flexibility index (Phi) is 5.47. The lowest BCUT2D eigenvalue weighted by Crippen LogP contribution is -2.28. The minimum absolute atomic E-state index is 0.0119. The van der Waals surface area contributed by atoms with Gasteiger partial charge in [-0.15, -0.1) is 0 Å². The maximum absolute atomic E-state index is 12.3. The van der Waals surface area contributed by atoms with Crippen molar-refractivity contribution in [2.75, 3.05) is 6.61 Å². The Hall–Kier alpha value is -1.92. The van der Waals surface area contributed by atoms with E-state index in [9.17, 15) is 18.0 Å². The van der Waals surface area contributed by atoms with E-state index in [1.54, 1.807) is 12.1 Å². The molecule has 1 aromatic rings. The molecule has 0 saturated carbocycles. The third-order valence-electron chi connectivity index (χ3n) is 2.09. The number of hydrogen-bond donors (Lipinski definition) is 0. The van der Waals surface area contributed by atoms with Crippen LogP contribution in [0.1, 0.15) is 18.9 Å². The van der Waals surface area contributed by atoms with Crippen molar-refractivity contribution in [1.29, 1.82) is 0 Å². The monoisotopic (exact) mass is 274 g/mol. The van der Waals surface area contributed by atoms with Crippen molar-refractivity contribution in [2.45, 2.75) is 25.6 Å². The molecule has 1 rings (SSSR count). The molecule has 0 N–H and O–H groups in total. The number of pyridine rings is 1. The first kappa shape index (κ1) is 15.1. The summed E-state index contributed by atoms with van der Waals surface area (Å²) in [5.74, 6) is -0.981. The Bertz CT molecular complexity index is 432. The number of esters is 1. The van der Waals surface area contributed by atoms with Gasteiger partial charge >= 0.3 is 12.1 Å². The van der Waals surface area contributed by atoms with Crippen molar-refractivity contribution in [3.63, 3.8) is 0 Å². The van der Waals surface area contributed by atoms with Crippen molar-refractivity contribution in [3.05, 3.63) is 30.1 Å². The molecule has 1 atom stereocenters. The first-order chi connectivity index (χ1) is 8.92. The minimum Gasteiger partial charge on any atom is -0.464 e. The highest BCUT2D eigenvalue weighted by Gasteiger charge is 2.35. The molecule has 104 valence electrons. The van der Waals surface area contributed by atoms with Gasteiger partial charge in [-0.1, -0.05) is 0 Å². The molecule has 0 amide bonds. The minimum atomic E-state index is -4.48. The Morgan fingerprint density at radius 3 is 2.63 bits per heavy atom. The number of aromatic nitrogens is 1. The van der Waals surface area contributed by atoms with Gasteiger partial charge in [0, 0.05) is 18.6 Å². The van der Waals surface area contributed by atoms with Gasteiger partial charge in [0.25, 0.3) is 0 Å². The van der Waals surface area contributed by atoms with Crippen LogP contribution in [0.2, 0.25) is 0 Å². The number of hydrogen-bond acceptors (Lipinski definition) is 4. The van der Waals surface area contributed by atoms with E-state index in [4.69, 9.17) is 0 Å². The lowest BCUT2D eigenvalue weighted by molar-refractivity contribution is -0.160. The zero-order valence-electron chi connectivity index (χ0n) is 10.2. The van der Waals surface area contributed by atoms with Gasteiger partial charge in [-0.3, -0.25) is 9.98 Å². The predicted octanol–water partition coefficient (Wildman–Crippen LogP) is 2.38. The summed E-state index contributed by atoms with van der Waals surface area (Å²) in [6.45, 7) is 1.53. The molecule has 0 aliphatic heterocycles. The fraction of sp³-hybridized carbons (Fsp3) is 0.417. The molecule has 0 aliphatic rings. The van der Waals surface area contributed by atoms with Crippen LogP contribution < -0.4 is 0 Å². The molecular weight excluding hydrogens is 261 g/mol. The molecule has 0 aliphatic carbocycles. The fourth-order valence-electron chi connectivity index (χ4n) is 1.28. The number of halogens is 3. The van der Waals surface area contributed by atoms with E-state index in [0.29, 0.717) is 5.56 Å². The van der Waals surface area contributed by atoms with Gasteiger partial charge in [-0.2, -0.15) is 13.2 Å². The van der Waals surface area contributed by atoms with Crippen molar-refractivity contribution in [3.8, 4) is 0 Å². The van der Waals surface area contributed by atoms with Crippen molar-refractivity contribution < 1.29 is 22.7 Å². The summed E-state index contributed by atoms with van der Waals surface area (Å²) in [6.07, 6.45) is -1.66. The molecule has 0 radical (unpaired) electrons. The van der Waals surface area contributed by atoms with Gasteiger partial charge in [-0.25, -0.2) is 4.79 Å². The van der Waals surface area contributed by atoms with Crippen molar-refractivity contribution in [1.82, 2.24) is 4.98 Å². The number of aliphatic imine (C=N–C) groups is 1. The van der Waals surface area contributed by atoms with Gasteiger partial charge < -0.3 is 4.74 Å². The third kappa shape index (κ3) is 5.98. The summed E-state index contributed by atoms with van der Waals surface area (Å²) >= 11 is 0. The number of ether oxygens (including phenoxy) is 1. The summed E-state index contributed by atoms with van der Waals surface area (Å²) in [6, 6.07) is 1.56. The molecule has 7 heteroatoms. The predicted molar refractivity (Wildman–Crippen MR) is 62.9 cm³/mol. The summed E-state index contributed by atoms with van der Waals surface area (Å²) < 4.78 is 41.6. The largest absolute Gasteiger partial charge is 0.464 e. The van der Waals surface area contributed by atoms with Gasteiger partial charge in [-0.05, 0) is 24.6 Å². The zero-order valence-corrected chi connectivity index (χ0v) is 10.2. The van der Waals surface area contributed by atoms with Crippen LogP contribution in [0.5, 0.6) is 0 Å². The Morgan fingerprint density at radius 1 is 1.47 bits per heavy atom. The van der Waals surface area contributed by atoms with Gasteiger partial charge in [0.2, 0.25) is 0 Å². The average molecular weight is 274 g/mol. The third-order valence-corrected chi connectivity index (χ3v) is 2.09. The van der Waals surface area contributed by atoms with Crippen LogP contribution in [-0.4, -0.2) is 36.0 Å². The second-order valence-corrected chi connectivity index (χ2v) is 3.65. The van der Waals surface area contributed by atoms with E-state index in [1.807, 2.05) is 0 Å². The lowest BCUT2D eigenvalue weighted by Gasteiger charge is -2.13. The summed E-state index contributed by atoms with van der Waals surface area (Å²) in [5.41, 5.74) is 0.562. The molecule has 1 unspecified atom stereocenters. The molecule has 0 aromatic carbocycles. The molecule has 0 fully saturated rings. The number of carbonyl (C=O) groups excluding carboxylic acids is 1. The maximum atomic E-state index is 12.3. The van der Waals surface area contributed by atoms with E-state index in [2.05, 4.69) is 14.7 Å². The normalized spacial score (nSPS) is 13.5. The smallest absolute Gasteiger partial charge is 0.391 e. The highest BCUT2D eigenvalue weighted by atomic mass is 19.4. The van der Waals surface area contributed by atoms with Crippen LogP contribution in [0.25, 0.3) is 0 Å². The quantitative estimate of drug-likeness (QED) is 0.612. The van der Waals surface area contributed by atoms with Crippen LogP contribution in [0.4, 0.5) is 13.2 Å². The van der Waals surface area contributed by atoms with E-state index in [1.165, 1.54) is 25.5 Å². The van der Waals surface area contributed by atoms with E-state index < -0.39 is 24.6 Å². The summed E-state index contributed by atoms with van der Waals surface area (Å²) in [5, 5.41) is 0.